The molecule has 3 aromatic rings. The van der Waals surface area contributed by atoms with E-state index in [2.05, 4.69) is 67.1 Å². The lowest BCUT2D eigenvalue weighted by molar-refractivity contribution is -0.143. The van der Waals surface area contributed by atoms with E-state index in [0.29, 0.717) is 13.0 Å². The summed E-state index contributed by atoms with van der Waals surface area (Å²) in [5.74, 6) is -0.0720. The summed E-state index contributed by atoms with van der Waals surface area (Å²) in [4.78, 5) is 12.6. The maximum Gasteiger partial charge on any atom is 0.306 e. The molecule has 2 fully saturated rings. The Labute approximate surface area is 231 Å². The molecule has 38 heavy (non-hydrogen) atoms. The fourth-order valence-electron chi connectivity index (χ4n) is 7.01. The molecule has 0 amide bonds. The summed E-state index contributed by atoms with van der Waals surface area (Å²) in [7, 11) is 2.00. The smallest absolute Gasteiger partial charge is 0.306 e. The minimum absolute atomic E-state index is 0.0720. The standard InChI is InChI=1S/C34H46NO2P/c1-3-4-25-37-33(36)24-23-29-28-19-11-13-21-31(28)35(2)34(29)30-20-12-14-22-32(30)38(26-15-7-5-8-16-26)27-17-9-6-10-18-27/h11-14,19-22,26-27H,3-10,15-18,23-25H2,1-2H3. The van der Waals surface area contributed by atoms with Gasteiger partial charge in [0.1, 0.15) is 0 Å². The average Bonchev–Trinajstić information content (AvgIpc) is 3.25. The predicted octanol–water partition coefficient (Wildman–Crippen LogP) is 8.89. The van der Waals surface area contributed by atoms with Gasteiger partial charge in [0.15, 0.2) is 0 Å². The topological polar surface area (TPSA) is 31.2 Å². The van der Waals surface area contributed by atoms with Crippen molar-refractivity contribution in [3.63, 3.8) is 0 Å². The van der Waals surface area contributed by atoms with Gasteiger partial charge in [-0.05, 0) is 66.8 Å². The van der Waals surface area contributed by atoms with Crippen molar-refractivity contribution in [2.45, 2.75) is 108 Å². The molecule has 2 aliphatic rings. The van der Waals surface area contributed by atoms with Gasteiger partial charge in [0.2, 0.25) is 0 Å². The van der Waals surface area contributed by atoms with E-state index in [1.165, 1.54) is 91.9 Å². The Morgan fingerprint density at radius 2 is 1.53 bits per heavy atom. The van der Waals surface area contributed by atoms with E-state index in [0.717, 1.165) is 30.6 Å². The maximum atomic E-state index is 12.6. The van der Waals surface area contributed by atoms with Crippen molar-refractivity contribution in [1.29, 1.82) is 0 Å². The molecule has 0 radical (unpaired) electrons. The quantitative estimate of drug-likeness (QED) is 0.149. The van der Waals surface area contributed by atoms with Gasteiger partial charge in [-0.1, -0.05) is 102 Å². The van der Waals surface area contributed by atoms with Crippen LogP contribution in [0, 0.1) is 0 Å². The number of hydrogen-bond acceptors (Lipinski definition) is 2. The number of carbonyl (C=O) groups excluding carboxylic acids is 1. The molecule has 0 N–H and O–H groups in total. The van der Waals surface area contributed by atoms with E-state index in [1.54, 1.807) is 5.30 Å². The first kappa shape index (κ1) is 27.4. The van der Waals surface area contributed by atoms with Crippen molar-refractivity contribution in [3.05, 3.63) is 54.1 Å². The number of hydrogen-bond donors (Lipinski definition) is 0. The van der Waals surface area contributed by atoms with Gasteiger partial charge in [-0.15, -0.1) is 0 Å². The van der Waals surface area contributed by atoms with Crippen molar-refractivity contribution < 1.29 is 9.53 Å². The molecule has 0 spiro atoms. The van der Waals surface area contributed by atoms with E-state index >= 15 is 0 Å². The van der Waals surface area contributed by atoms with Gasteiger partial charge in [-0.25, -0.2) is 0 Å². The molecule has 4 heteroatoms. The molecule has 3 nitrogen and oxygen atoms in total. The Morgan fingerprint density at radius 3 is 2.21 bits per heavy atom. The van der Waals surface area contributed by atoms with Crippen molar-refractivity contribution >= 4 is 30.1 Å². The summed E-state index contributed by atoms with van der Waals surface area (Å²) in [5, 5.41) is 2.90. The van der Waals surface area contributed by atoms with Crippen LogP contribution in [-0.4, -0.2) is 28.5 Å². The highest BCUT2D eigenvalue weighted by molar-refractivity contribution is 7.67. The van der Waals surface area contributed by atoms with Gasteiger partial charge in [0.25, 0.3) is 0 Å². The van der Waals surface area contributed by atoms with Crippen LogP contribution in [0.2, 0.25) is 0 Å². The van der Waals surface area contributed by atoms with Crippen molar-refractivity contribution in [3.8, 4) is 11.3 Å². The molecular formula is C34H46NO2P. The van der Waals surface area contributed by atoms with E-state index in [1.807, 2.05) is 0 Å². The van der Waals surface area contributed by atoms with Gasteiger partial charge in [0.05, 0.1) is 12.3 Å². The second-order valence-electron chi connectivity index (χ2n) is 11.5. The summed E-state index contributed by atoms with van der Waals surface area (Å²) >= 11 is 0. The van der Waals surface area contributed by atoms with Crippen LogP contribution in [0.15, 0.2) is 48.5 Å². The minimum Gasteiger partial charge on any atom is -0.466 e. The first-order chi connectivity index (χ1) is 18.7. The highest BCUT2D eigenvalue weighted by atomic mass is 31.1. The number of fused-ring (bicyclic) bond motifs is 1. The number of benzene rings is 2. The number of rotatable bonds is 10. The van der Waals surface area contributed by atoms with Crippen LogP contribution < -0.4 is 5.30 Å². The summed E-state index contributed by atoms with van der Waals surface area (Å²) in [5.41, 5.74) is 7.02. The van der Waals surface area contributed by atoms with E-state index < -0.39 is 0 Å². The number of aromatic nitrogens is 1. The number of nitrogens with zero attached hydrogens (tertiary/aromatic N) is 1. The predicted molar refractivity (Wildman–Crippen MR) is 163 cm³/mol. The molecule has 1 heterocycles. The van der Waals surface area contributed by atoms with Crippen LogP contribution in [0.25, 0.3) is 22.2 Å². The lowest BCUT2D eigenvalue weighted by Crippen LogP contribution is -2.27. The fraction of sp³-hybridized carbons (Fsp3) is 0.559. The number of para-hydroxylation sites is 1. The summed E-state index contributed by atoms with van der Waals surface area (Å²) in [6.45, 7) is 2.66. The summed E-state index contributed by atoms with van der Waals surface area (Å²) in [6, 6.07) is 18.1. The average molecular weight is 532 g/mol. The van der Waals surface area contributed by atoms with E-state index in [-0.39, 0.29) is 13.9 Å². The molecule has 0 bridgehead atoms. The molecule has 2 aromatic carbocycles. The second kappa shape index (κ2) is 13.3. The van der Waals surface area contributed by atoms with Crippen molar-refractivity contribution in [2.24, 2.45) is 7.05 Å². The molecule has 5 rings (SSSR count). The molecule has 1 aromatic heterocycles. The van der Waals surface area contributed by atoms with Gasteiger partial charge in [0, 0.05) is 29.9 Å². The Kier molecular flexibility index (Phi) is 9.60. The normalized spacial score (nSPS) is 17.3. The van der Waals surface area contributed by atoms with Crippen LogP contribution in [0.3, 0.4) is 0 Å². The van der Waals surface area contributed by atoms with Gasteiger partial charge < -0.3 is 9.30 Å². The number of esters is 1. The Bertz CT molecular complexity index is 1180. The van der Waals surface area contributed by atoms with E-state index in [4.69, 9.17) is 4.74 Å². The molecule has 204 valence electrons. The number of ether oxygens (including phenoxy) is 1. The number of unbranched alkanes of at least 4 members (excludes halogenated alkanes) is 1. The van der Waals surface area contributed by atoms with Crippen LogP contribution in [0.1, 0.15) is 96.0 Å². The van der Waals surface area contributed by atoms with Crippen LogP contribution in [-0.2, 0) is 23.0 Å². The Morgan fingerprint density at radius 1 is 0.895 bits per heavy atom. The van der Waals surface area contributed by atoms with Crippen molar-refractivity contribution in [2.75, 3.05) is 6.61 Å². The zero-order chi connectivity index (χ0) is 26.3. The summed E-state index contributed by atoms with van der Waals surface area (Å²) in [6.07, 6.45) is 17.2. The number of carbonyl (C=O) groups is 1. The lowest BCUT2D eigenvalue weighted by atomic mass is 9.99. The zero-order valence-electron chi connectivity index (χ0n) is 23.6. The molecule has 0 atom stereocenters. The third-order valence-electron chi connectivity index (χ3n) is 8.93. The van der Waals surface area contributed by atoms with Crippen molar-refractivity contribution in [1.82, 2.24) is 4.57 Å². The van der Waals surface area contributed by atoms with Gasteiger partial charge >= 0.3 is 5.97 Å². The van der Waals surface area contributed by atoms with Crippen LogP contribution in [0.5, 0.6) is 0 Å². The third kappa shape index (κ3) is 6.04. The molecule has 0 aliphatic heterocycles. The SMILES string of the molecule is CCCCOC(=O)CCc1c(-c2ccccc2P(C2CCCCC2)C2CCCCC2)n(C)c2ccccc12. The van der Waals surface area contributed by atoms with Gasteiger partial charge in [-0.3, -0.25) is 4.79 Å². The van der Waals surface area contributed by atoms with Crippen LogP contribution in [0.4, 0.5) is 0 Å². The fourth-order valence-corrected chi connectivity index (χ4v) is 10.9. The molecule has 0 unspecified atom stereocenters. The van der Waals surface area contributed by atoms with Gasteiger partial charge in [-0.2, -0.15) is 0 Å². The minimum atomic E-state index is -0.227. The highest BCUT2D eigenvalue weighted by Crippen LogP contribution is 2.56. The molecule has 0 saturated heterocycles. The lowest BCUT2D eigenvalue weighted by Gasteiger charge is -2.39. The number of aryl methyl sites for hydroxylation is 2. The second-order valence-corrected chi connectivity index (χ2v) is 14.2. The first-order valence-corrected chi connectivity index (χ1v) is 16.8. The molecular weight excluding hydrogens is 485 g/mol. The van der Waals surface area contributed by atoms with Crippen LogP contribution >= 0.6 is 7.92 Å². The largest absolute Gasteiger partial charge is 0.466 e. The Hall–Kier alpha value is -2.12. The Balaban J connectivity index is 1.56. The zero-order valence-corrected chi connectivity index (χ0v) is 24.5. The van der Waals surface area contributed by atoms with E-state index in [9.17, 15) is 4.79 Å². The first-order valence-electron chi connectivity index (χ1n) is 15.3. The molecule has 2 aliphatic carbocycles. The third-order valence-corrected chi connectivity index (χ3v) is 12.5. The maximum absolute atomic E-state index is 12.6. The molecule has 2 saturated carbocycles. The summed E-state index contributed by atoms with van der Waals surface area (Å²) < 4.78 is 7.95. The monoisotopic (exact) mass is 531 g/mol. The highest BCUT2D eigenvalue weighted by Gasteiger charge is 2.34.